The van der Waals surface area contributed by atoms with Gasteiger partial charge in [-0.15, -0.1) is 0 Å². The minimum absolute atomic E-state index is 0.217. The molecule has 2 unspecified atom stereocenters. The van der Waals surface area contributed by atoms with Crippen LogP contribution in [0.2, 0.25) is 0 Å². The number of fused-ring (bicyclic) bond motifs is 1. The van der Waals surface area contributed by atoms with Crippen molar-refractivity contribution in [1.82, 2.24) is 0 Å². The summed E-state index contributed by atoms with van der Waals surface area (Å²) in [5.74, 6) is 0.580. The van der Waals surface area contributed by atoms with Crippen LogP contribution in [-0.4, -0.2) is 5.11 Å². The molecule has 0 fully saturated rings. The van der Waals surface area contributed by atoms with E-state index in [1.807, 2.05) is 12.1 Å². The fourth-order valence-electron chi connectivity index (χ4n) is 2.10. The predicted molar refractivity (Wildman–Crippen MR) is 49.1 cm³/mol. The molecule has 1 N–H and O–H groups in total. The summed E-state index contributed by atoms with van der Waals surface area (Å²) in [4.78, 5) is 0. The Labute approximate surface area is 73.0 Å². The van der Waals surface area contributed by atoms with Crippen LogP contribution in [0, 0.1) is 0 Å². The summed E-state index contributed by atoms with van der Waals surface area (Å²) >= 11 is 0. The number of benzene rings is 1. The van der Waals surface area contributed by atoms with Crippen LogP contribution in [0.15, 0.2) is 24.3 Å². The van der Waals surface area contributed by atoms with Gasteiger partial charge < -0.3 is 5.11 Å². The predicted octanol–water partition coefficient (Wildman–Crippen LogP) is 2.62. The lowest BCUT2D eigenvalue weighted by Gasteiger charge is -2.05. The van der Waals surface area contributed by atoms with Crippen molar-refractivity contribution in [3.05, 3.63) is 35.4 Å². The minimum Gasteiger partial charge on any atom is -0.388 e. The van der Waals surface area contributed by atoms with Gasteiger partial charge in [-0.2, -0.15) is 0 Å². The van der Waals surface area contributed by atoms with E-state index in [-0.39, 0.29) is 6.10 Å². The van der Waals surface area contributed by atoms with Crippen LogP contribution in [0.5, 0.6) is 0 Å². The summed E-state index contributed by atoms with van der Waals surface area (Å²) in [6, 6.07) is 8.23. The first-order chi connectivity index (χ1) is 5.83. The molecule has 0 heterocycles. The van der Waals surface area contributed by atoms with Crippen molar-refractivity contribution >= 4 is 0 Å². The molecule has 0 amide bonds. The molecule has 1 aliphatic carbocycles. The Morgan fingerprint density at radius 2 is 2.00 bits per heavy atom. The van der Waals surface area contributed by atoms with Gasteiger partial charge in [0.25, 0.3) is 0 Å². The molecule has 0 aromatic heterocycles. The molecular weight excluding hydrogens is 148 g/mol. The van der Waals surface area contributed by atoms with E-state index in [1.54, 1.807) is 0 Å². The van der Waals surface area contributed by atoms with Crippen molar-refractivity contribution in [2.75, 3.05) is 0 Å². The summed E-state index contributed by atoms with van der Waals surface area (Å²) in [5.41, 5.74) is 2.50. The Hall–Kier alpha value is -0.820. The van der Waals surface area contributed by atoms with Gasteiger partial charge in [0.1, 0.15) is 0 Å². The van der Waals surface area contributed by atoms with Gasteiger partial charge in [0.05, 0.1) is 6.10 Å². The van der Waals surface area contributed by atoms with Crippen LogP contribution >= 0.6 is 0 Å². The van der Waals surface area contributed by atoms with Gasteiger partial charge in [-0.1, -0.05) is 31.2 Å². The molecule has 12 heavy (non-hydrogen) atoms. The Kier molecular flexibility index (Phi) is 1.89. The van der Waals surface area contributed by atoms with Crippen LogP contribution in [0.1, 0.15) is 42.9 Å². The Morgan fingerprint density at radius 1 is 1.33 bits per heavy atom. The number of hydrogen-bond donors (Lipinski definition) is 1. The fraction of sp³-hybridized carbons (Fsp3) is 0.455. The number of rotatable bonds is 1. The summed E-state index contributed by atoms with van der Waals surface area (Å²) in [6.07, 6.45) is 1.83. The van der Waals surface area contributed by atoms with Crippen LogP contribution in [0.3, 0.4) is 0 Å². The van der Waals surface area contributed by atoms with Crippen LogP contribution < -0.4 is 0 Å². The van der Waals surface area contributed by atoms with E-state index in [4.69, 9.17) is 0 Å². The maximum atomic E-state index is 9.68. The Morgan fingerprint density at radius 3 is 2.67 bits per heavy atom. The fourth-order valence-corrected chi connectivity index (χ4v) is 2.10. The molecule has 0 bridgehead atoms. The molecule has 0 saturated heterocycles. The van der Waals surface area contributed by atoms with E-state index in [9.17, 15) is 5.11 Å². The van der Waals surface area contributed by atoms with E-state index in [2.05, 4.69) is 19.1 Å². The molecule has 1 aromatic carbocycles. The van der Waals surface area contributed by atoms with Crippen molar-refractivity contribution in [3.8, 4) is 0 Å². The molecule has 1 aliphatic rings. The molecule has 2 atom stereocenters. The highest BCUT2D eigenvalue weighted by atomic mass is 16.3. The van der Waals surface area contributed by atoms with E-state index in [0.29, 0.717) is 5.92 Å². The average Bonchev–Trinajstić information content (AvgIpc) is 2.44. The van der Waals surface area contributed by atoms with Gasteiger partial charge in [0.15, 0.2) is 0 Å². The van der Waals surface area contributed by atoms with Gasteiger partial charge in [0.2, 0.25) is 0 Å². The molecule has 0 saturated carbocycles. The van der Waals surface area contributed by atoms with Crippen molar-refractivity contribution in [3.63, 3.8) is 0 Å². The van der Waals surface area contributed by atoms with Gasteiger partial charge in [-0.05, 0) is 29.9 Å². The van der Waals surface area contributed by atoms with E-state index < -0.39 is 0 Å². The normalized spacial score (nSPS) is 27.2. The van der Waals surface area contributed by atoms with E-state index >= 15 is 0 Å². The lowest BCUT2D eigenvalue weighted by atomic mass is 9.99. The zero-order valence-electron chi connectivity index (χ0n) is 7.33. The maximum Gasteiger partial charge on any atom is 0.0798 e. The van der Waals surface area contributed by atoms with Gasteiger partial charge in [0, 0.05) is 0 Å². The van der Waals surface area contributed by atoms with Crippen molar-refractivity contribution in [2.45, 2.75) is 31.8 Å². The van der Waals surface area contributed by atoms with Crippen molar-refractivity contribution < 1.29 is 5.11 Å². The first kappa shape index (κ1) is 7.81. The Bertz CT molecular complexity index is 280. The SMILES string of the molecule is CCC1CC(O)c2ccccc21. The van der Waals surface area contributed by atoms with Gasteiger partial charge >= 0.3 is 0 Å². The Balaban J connectivity index is 2.43. The molecule has 1 nitrogen and oxygen atoms in total. The summed E-state index contributed by atoms with van der Waals surface area (Å²) in [6.45, 7) is 2.18. The zero-order valence-corrected chi connectivity index (χ0v) is 7.33. The first-order valence-electron chi connectivity index (χ1n) is 4.59. The molecule has 0 aliphatic heterocycles. The van der Waals surface area contributed by atoms with Crippen LogP contribution in [0.4, 0.5) is 0 Å². The summed E-state index contributed by atoms with van der Waals surface area (Å²) < 4.78 is 0. The van der Waals surface area contributed by atoms with E-state index in [0.717, 1.165) is 18.4 Å². The number of aliphatic hydroxyl groups is 1. The van der Waals surface area contributed by atoms with Gasteiger partial charge in [-0.3, -0.25) is 0 Å². The first-order valence-corrected chi connectivity index (χ1v) is 4.59. The standard InChI is InChI=1S/C11H14O/c1-2-8-7-11(12)10-6-4-3-5-9(8)10/h3-6,8,11-12H,2,7H2,1H3. The second-order valence-corrected chi connectivity index (χ2v) is 3.49. The second-order valence-electron chi connectivity index (χ2n) is 3.49. The monoisotopic (exact) mass is 162 g/mol. The molecule has 1 heteroatoms. The van der Waals surface area contributed by atoms with Crippen molar-refractivity contribution in [2.24, 2.45) is 0 Å². The summed E-state index contributed by atoms with van der Waals surface area (Å²) in [5, 5.41) is 9.68. The third-order valence-corrected chi connectivity index (χ3v) is 2.80. The van der Waals surface area contributed by atoms with Crippen molar-refractivity contribution in [1.29, 1.82) is 0 Å². The highest BCUT2D eigenvalue weighted by molar-refractivity contribution is 5.36. The lowest BCUT2D eigenvalue weighted by Crippen LogP contribution is -1.90. The molecule has 64 valence electrons. The maximum absolute atomic E-state index is 9.68. The highest BCUT2D eigenvalue weighted by Crippen LogP contribution is 2.41. The third-order valence-electron chi connectivity index (χ3n) is 2.80. The van der Waals surface area contributed by atoms with Gasteiger partial charge in [-0.25, -0.2) is 0 Å². The topological polar surface area (TPSA) is 20.2 Å². The van der Waals surface area contributed by atoms with Crippen LogP contribution in [0.25, 0.3) is 0 Å². The highest BCUT2D eigenvalue weighted by Gasteiger charge is 2.27. The number of aliphatic hydroxyl groups excluding tert-OH is 1. The lowest BCUT2D eigenvalue weighted by molar-refractivity contribution is 0.172. The summed E-state index contributed by atoms with van der Waals surface area (Å²) in [7, 11) is 0. The zero-order chi connectivity index (χ0) is 8.55. The quantitative estimate of drug-likeness (QED) is 0.673. The second kappa shape index (κ2) is 2.91. The molecule has 0 radical (unpaired) electrons. The molecule has 2 rings (SSSR count). The van der Waals surface area contributed by atoms with E-state index in [1.165, 1.54) is 5.56 Å². The molecule has 1 aromatic rings. The number of hydrogen-bond acceptors (Lipinski definition) is 1. The molecular formula is C11H14O. The molecule has 0 spiro atoms. The average molecular weight is 162 g/mol. The minimum atomic E-state index is -0.217. The smallest absolute Gasteiger partial charge is 0.0798 e. The van der Waals surface area contributed by atoms with Crippen LogP contribution in [-0.2, 0) is 0 Å². The third kappa shape index (κ3) is 1.05. The largest absolute Gasteiger partial charge is 0.388 e.